The number of hydrogen-bond acceptors (Lipinski definition) is 5. The van der Waals surface area contributed by atoms with Crippen molar-refractivity contribution in [3.63, 3.8) is 0 Å². The number of hydrogen-bond donors (Lipinski definition) is 1. The quantitative estimate of drug-likeness (QED) is 0.575. The van der Waals surface area contributed by atoms with Gasteiger partial charge in [0.2, 0.25) is 0 Å². The second-order valence-corrected chi connectivity index (χ2v) is 5.86. The van der Waals surface area contributed by atoms with Crippen LogP contribution in [0.25, 0.3) is 0 Å². The van der Waals surface area contributed by atoms with Crippen molar-refractivity contribution in [2.24, 2.45) is 10.3 Å². The van der Waals surface area contributed by atoms with E-state index >= 15 is 0 Å². The van der Waals surface area contributed by atoms with Crippen molar-refractivity contribution in [2.45, 2.75) is 26.9 Å². The molecule has 0 bridgehead atoms. The second kappa shape index (κ2) is 10.1. The van der Waals surface area contributed by atoms with Crippen molar-refractivity contribution in [3.05, 3.63) is 70.8 Å². The average Bonchev–Trinajstić information content (AvgIpc) is 2.72. The van der Waals surface area contributed by atoms with Crippen LogP contribution in [0.4, 0.5) is 0 Å². The minimum Gasteiger partial charge on any atom is -0.398 e. The van der Waals surface area contributed by atoms with Crippen molar-refractivity contribution < 1.29 is 14.5 Å². The fraction of sp³-hybridized carbons (Fsp3) is 0.286. The fourth-order valence-corrected chi connectivity index (χ4v) is 2.53. The SMILES string of the molecule is CCc1ccc(/C(C)=N/OCc2ccccc2/C(=N\OC)C(=O)NC)cc1. The first-order valence-corrected chi connectivity index (χ1v) is 8.78. The Balaban J connectivity index is 2.16. The lowest BCUT2D eigenvalue weighted by Gasteiger charge is -2.10. The lowest BCUT2D eigenvalue weighted by molar-refractivity contribution is -0.114. The van der Waals surface area contributed by atoms with Crippen molar-refractivity contribution in [1.29, 1.82) is 0 Å². The van der Waals surface area contributed by atoms with E-state index in [1.54, 1.807) is 13.1 Å². The van der Waals surface area contributed by atoms with E-state index in [2.05, 4.69) is 34.7 Å². The number of rotatable bonds is 8. The van der Waals surface area contributed by atoms with Crippen LogP contribution in [0.15, 0.2) is 58.8 Å². The molecule has 1 amide bonds. The highest BCUT2D eigenvalue weighted by molar-refractivity contribution is 6.45. The zero-order valence-electron chi connectivity index (χ0n) is 16.2. The third kappa shape index (κ3) is 5.41. The van der Waals surface area contributed by atoms with Crippen LogP contribution in [-0.4, -0.2) is 31.5 Å². The van der Waals surface area contributed by atoms with Crippen molar-refractivity contribution >= 4 is 17.3 Å². The van der Waals surface area contributed by atoms with Crippen LogP contribution in [0.2, 0.25) is 0 Å². The summed E-state index contributed by atoms with van der Waals surface area (Å²) in [6, 6.07) is 15.6. The molecule has 0 saturated carbocycles. The number of oxime groups is 2. The highest BCUT2D eigenvalue weighted by atomic mass is 16.6. The van der Waals surface area contributed by atoms with Crippen LogP contribution in [0.5, 0.6) is 0 Å². The number of benzene rings is 2. The Kier molecular flexibility index (Phi) is 7.55. The van der Waals surface area contributed by atoms with Gasteiger partial charge in [-0.1, -0.05) is 65.8 Å². The maximum atomic E-state index is 12.1. The molecule has 6 nitrogen and oxygen atoms in total. The van der Waals surface area contributed by atoms with Crippen LogP contribution >= 0.6 is 0 Å². The number of carbonyl (C=O) groups excluding carboxylic acids is 1. The number of nitrogens with zero attached hydrogens (tertiary/aromatic N) is 2. The molecule has 0 saturated heterocycles. The van der Waals surface area contributed by atoms with E-state index in [0.29, 0.717) is 5.56 Å². The van der Waals surface area contributed by atoms with Gasteiger partial charge in [-0.15, -0.1) is 0 Å². The fourth-order valence-electron chi connectivity index (χ4n) is 2.53. The van der Waals surface area contributed by atoms with Crippen LogP contribution in [0, 0.1) is 0 Å². The summed E-state index contributed by atoms with van der Waals surface area (Å²) in [5.41, 5.74) is 4.68. The van der Waals surface area contributed by atoms with E-state index < -0.39 is 0 Å². The highest BCUT2D eigenvalue weighted by Gasteiger charge is 2.17. The van der Waals surface area contributed by atoms with Gasteiger partial charge in [0.15, 0.2) is 5.71 Å². The van der Waals surface area contributed by atoms with Gasteiger partial charge < -0.3 is 15.0 Å². The molecular weight excluding hydrogens is 342 g/mol. The summed E-state index contributed by atoms with van der Waals surface area (Å²) in [6.45, 7) is 4.23. The molecule has 0 aromatic heterocycles. The first-order chi connectivity index (χ1) is 13.1. The maximum absolute atomic E-state index is 12.1. The normalized spacial score (nSPS) is 11.9. The molecule has 2 rings (SSSR count). The molecule has 0 aliphatic carbocycles. The van der Waals surface area contributed by atoms with Gasteiger partial charge in [-0.2, -0.15) is 0 Å². The Morgan fingerprint density at radius 2 is 1.78 bits per heavy atom. The third-order valence-electron chi connectivity index (χ3n) is 4.10. The van der Waals surface area contributed by atoms with E-state index in [1.165, 1.54) is 12.7 Å². The van der Waals surface area contributed by atoms with E-state index in [-0.39, 0.29) is 18.2 Å². The molecule has 0 spiro atoms. The predicted octanol–water partition coefficient (Wildman–Crippen LogP) is 3.29. The molecule has 27 heavy (non-hydrogen) atoms. The Bertz CT molecular complexity index is 827. The van der Waals surface area contributed by atoms with Crippen LogP contribution in [0.1, 0.15) is 36.1 Å². The highest BCUT2D eigenvalue weighted by Crippen LogP contribution is 2.13. The van der Waals surface area contributed by atoms with Gasteiger partial charge in [0.05, 0.1) is 5.71 Å². The van der Waals surface area contributed by atoms with E-state index in [4.69, 9.17) is 9.68 Å². The van der Waals surface area contributed by atoms with Crippen LogP contribution < -0.4 is 5.32 Å². The average molecular weight is 367 g/mol. The number of carbonyl (C=O) groups is 1. The molecular formula is C21H25N3O3. The Labute approximate surface area is 159 Å². The van der Waals surface area contributed by atoms with Gasteiger partial charge in [-0.25, -0.2) is 0 Å². The topological polar surface area (TPSA) is 72.3 Å². The summed E-state index contributed by atoms with van der Waals surface area (Å²) in [6.07, 6.45) is 1.00. The predicted molar refractivity (Wildman–Crippen MR) is 107 cm³/mol. The number of likely N-dealkylation sites (N-methyl/N-ethyl adjacent to an activating group) is 1. The summed E-state index contributed by atoms with van der Waals surface area (Å²) in [5.74, 6) is -0.333. The lowest BCUT2D eigenvalue weighted by atomic mass is 10.0. The number of amides is 1. The molecule has 0 aliphatic rings. The van der Waals surface area contributed by atoms with Gasteiger partial charge in [0.25, 0.3) is 5.91 Å². The van der Waals surface area contributed by atoms with E-state index in [0.717, 1.165) is 23.3 Å². The van der Waals surface area contributed by atoms with Crippen molar-refractivity contribution in [2.75, 3.05) is 14.2 Å². The first-order valence-electron chi connectivity index (χ1n) is 8.78. The van der Waals surface area contributed by atoms with Crippen LogP contribution in [-0.2, 0) is 27.5 Å². The van der Waals surface area contributed by atoms with Crippen LogP contribution in [0.3, 0.4) is 0 Å². The van der Waals surface area contributed by atoms with Gasteiger partial charge in [0.1, 0.15) is 13.7 Å². The van der Waals surface area contributed by atoms with Gasteiger partial charge in [0, 0.05) is 18.2 Å². The van der Waals surface area contributed by atoms with Gasteiger partial charge in [-0.3, -0.25) is 4.79 Å². The molecule has 0 fully saturated rings. The molecule has 6 heteroatoms. The molecule has 0 unspecified atom stereocenters. The Hall–Kier alpha value is -3.15. The Morgan fingerprint density at radius 3 is 2.41 bits per heavy atom. The summed E-state index contributed by atoms with van der Waals surface area (Å²) >= 11 is 0. The molecule has 0 radical (unpaired) electrons. The van der Waals surface area contributed by atoms with Crippen molar-refractivity contribution in [1.82, 2.24) is 5.32 Å². The standard InChI is InChI=1S/C21H25N3O3/c1-5-16-10-12-17(13-11-16)15(2)23-27-14-18-8-6-7-9-19(18)20(24-26-4)21(25)22-3/h6-13H,5,14H2,1-4H3,(H,22,25)/b23-15+,24-20+. The largest absolute Gasteiger partial charge is 0.398 e. The van der Waals surface area contributed by atoms with E-state index in [9.17, 15) is 4.79 Å². The lowest BCUT2D eigenvalue weighted by Crippen LogP contribution is -2.29. The number of nitrogens with one attached hydrogen (secondary N) is 1. The Morgan fingerprint density at radius 1 is 1.07 bits per heavy atom. The van der Waals surface area contributed by atoms with Gasteiger partial charge >= 0.3 is 0 Å². The zero-order chi connectivity index (χ0) is 19.6. The smallest absolute Gasteiger partial charge is 0.273 e. The summed E-state index contributed by atoms with van der Waals surface area (Å²) < 4.78 is 0. The zero-order valence-corrected chi connectivity index (χ0v) is 16.2. The monoisotopic (exact) mass is 367 g/mol. The summed E-state index contributed by atoms with van der Waals surface area (Å²) in [7, 11) is 2.95. The molecule has 0 heterocycles. The molecule has 2 aromatic rings. The minimum absolute atomic E-state index is 0.190. The van der Waals surface area contributed by atoms with Gasteiger partial charge in [-0.05, 0) is 24.5 Å². The molecule has 0 aliphatic heterocycles. The maximum Gasteiger partial charge on any atom is 0.273 e. The minimum atomic E-state index is -0.333. The molecule has 1 N–H and O–H groups in total. The van der Waals surface area contributed by atoms with E-state index in [1.807, 2.05) is 37.3 Å². The third-order valence-corrected chi connectivity index (χ3v) is 4.10. The summed E-state index contributed by atoms with van der Waals surface area (Å²) in [5, 5.41) is 10.6. The number of aryl methyl sites for hydroxylation is 1. The second-order valence-electron chi connectivity index (χ2n) is 5.86. The first kappa shape index (κ1) is 20.2. The van der Waals surface area contributed by atoms with Crippen molar-refractivity contribution in [3.8, 4) is 0 Å². The molecule has 2 aromatic carbocycles. The summed E-state index contributed by atoms with van der Waals surface area (Å²) in [4.78, 5) is 22.4. The molecule has 0 atom stereocenters. The molecule has 142 valence electrons.